The number of hydrogen-bond acceptors (Lipinski definition) is 6. The van der Waals surface area contributed by atoms with Gasteiger partial charge in [-0.3, -0.25) is 0 Å². The fourth-order valence-corrected chi connectivity index (χ4v) is 4.66. The second-order valence-electron chi connectivity index (χ2n) is 5.18. The number of nitrogens with two attached hydrogens (primary N) is 1. The van der Waals surface area contributed by atoms with E-state index in [2.05, 4.69) is 9.69 Å². The maximum Gasteiger partial charge on any atom is 0.182 e. The molecule has 0 unspecified atom stereocenters. The molecule has 1 aliphatic carbocycles. The Balaban J connectivity index is 2.14. The average Bonchev–Trinajstić information content (AvgIpc) is 2.63. The van der Waals surface area contributed by atoms with Gasteiger partial charge >= 0.3 is 0 Å². The predicted octanol–water partition coefficient (Wildman–Crippen LogP) is 2.65. The van der Waals surface area contributed by atoms with Gasteiger partial charge in [0.15, 0.2) is 15.7 Å². The molecule has 1 fully saturated rings. The van der Waals surface area contributed by atoms with Crippen LogP contribution in [0.15, 0.2) is 4.90 Å². The summed E-state index contributed by atoms with van der Waals surface area (Å²) in [4.78, 5) is 0.166. The van der Waals surface area contributed by atoms with Gasteiger partial charge in [-0.15, -0.1) is 0 Å². The van der Waals surface area contributed by atoms with Crippen LogP contribution in [0.5, 0.6) is 0 Å². The van der Waals surface area contributed by atoms with Gasteiger partial charge < -0.3 is 11.1 Å². The van der Waals surface area contributed by atoms with Gasteiger partial charge in [0.2, 0.25) is 0 Å². The summed E-state index contributed by atoms with van der Waals surface area (Å²) < 4.78 is 27.5. The van der Waals surface area contributed by atoms with Gasteiger partial charge in [0, 0.05) is 12.3 Å². The first-order chi connectivity index (χ1) is 8.98. The van der Waals surface area contributed by atoms with Crippen LogP contribution in [0.3, 0.4) is 0 Å². The number of nitrogen functional groups attached to an aromatic ring is 1. The van der Waals surface area contributed by atoms with Crippen molar-refractivity contribution in [1.82, 2.24) is 4.37 Å². The molecule has 0 aromatic carbocycles. The normalized spacial score (nSPS) is 18.8. The Morgan fingerprint density at radius 3 is 2.37 bits per heavy atom. The molecule has 5 nitrogen and oxygen atoms in total. The lowest BCUT2D eigenvalue weighted by Crippen LogP contribution is -2.21. The first-order valence-corrected chi connectivity index (χ1v) is 9.36. The summed E-state index contributed by atoms with van der Waals surface area (Å²) in [7, 11) is -3.33. The van der Waals surface area contributed by atoms with Crippen LogP contribution < -0.4 is 11.1 Å². The maximum atomic E-state index is 11.7. The molecule has 3 N–H and O–H groups in total. The van der Waals surface area contributed by atoms with Crippen LogP contribution in [0.1, 0.15) is 44.9 Å². The highest BCUT2D eigenvalue weighted by atomic mass is 32.2. The van der Waals surface area contributed by atoms with Crippen LogP contribution in [-0.2, 0) is 9.84 Å². The summed E-state index contributed by atoms with van der Waals surface area (Å²) in [5.41, 5.74) is 5.67. The third-order valence-corrected chi connectivity index (χ3v) is 5.56. The van der Waals surface area contributed by atoms with E-state index < -0.39 is 9.84 Å². The summed E-state index contributed by atoms with van der Waals surface area (Å²) in [5.74, 6) is 0.112. The van der Waals surface area contributed by atoms with E-state index in [0.717, 1.165) is 24.4 Å². The summed E-state index contributed by atoms with van der Waals surface area (Å²) in [6.07, 6.45) is 9.58. The number of rotatable bonds is 3. The molecule has 0 aliphatic heterocycles. The van der Waals surface area contributed by atoms with Crippen LogP contribution in [0.25, 0.3) is 0 Å². The number of aromatic nitrogens is 1. The minimum absolute atomic E-state index is 0.112. The van der Waals surface area contributed by atoms with Crippen LogP contribution in [0, 0.1) is 0 Å². The Kier molecular flexibility index (Phi) is 4.67. The highest BCUT2D eigenvalue weighted by Crippen LogP contribution is 2.33. The molecule has 1 aromatic heterocycles. The number of nitrogens with one attached hydrogen (secondary N) is 1. The molecule has 19 heavy (non-hydrogen) atoms. The Labute approximate surface area is 118 Å². The molecule has 0 radical (unpaired) electrons. The molecule has 0 amide bonds. The van der Waals surface area contributed by atoms with Crippen molar-refractivity contribution in [3.8, 4) is 0 Å². The van der Waals surface area contributed by atoms with Gasteiger partial charge in [-0.2, -0.15) is 4.37 Å². The molecule has 0 bridgehead atoms. The van der Waals surface area contributed by atoms with Crippen molar-refractivity contribution in [2.45, 2.75) is 55.9 Å². The molecule has 1 heterocycles. The number of hydrogen-bond donors (Lipinski definition) is 2. The Hall–Kier alpha value is -0.820. The molecule has 0 spiro atoms. The first kappa shape index (κ1) is 14.6. The topological polar surface area (TPSA) is 85.1 Å². The smallest absolute Gasteiger partial charge is 0.182 e. The van der Waals surface area contributed by atoms with Crippen molar-refractivity contribution in [3.63, 3.8) is 0 Å². The summed E-state index contributed by atoms with van der Waals surface area (Å²) in [5, 5.41) is 3.94. The first-order valence-electron chi connectivity index (χ1n) is 6.70. The lowest BCUT2D eigenvalue weighted by Gasteiger charge is -2.21. The molecule has 7 heteroatoms. The Bertz CT molecular complexity index is 517. The summed E-state index contributed by atoms with van der Waals surface area (Å²) in [6.45, 7) is 0. The number of anilines is 2. The molecule has 1 aliphatic rings. The van der Waals surface area contributed by atoms with E-state index in [1.165, 1.54) is 38.4 Å². The molecule has 108 valence electrons. The van der Waals surface area contributed by atoms with Gasteiger partial charge in [0.25, 0.3) is 0 Å². The zero-order valence-corrected chi connectivity index (χ0v) is 12.8. The van der Waals surface area contributed by atoms with Gasteiger partial charge in [-0.25, -0.2) is 8.42 Å². The second kappa shape index (κ2) is 6.09. The fraction of sp³-hybridized carbons (Fsp3) is 0.750. The highest BCUT2D eigenvalue weighted by molar-refractivity contribution is 7.91. The number of sulfone groups is 1. The fourth-order valence-electron chi connectivity index (χ4n) is 2.53. The van der Waals surface area contributed by atoms with Crippen LogP contribution >= 0.6 is 11.5 Å². The molecule has 0 atom stereocenters. The summed E-state index contributed by atoms with van der Waals surface area (Å²) >= 11 is 1.14. The van der Waals surface area contributed by atoms with E-state index in [4.69, 9.17) is 5.73 Å². The van der Waals surface area contributed by atoms with E-state index in [9.17, 15) is 8.42 Å². The van der Waals surface area contributed by atoms with E-state index in [1.807, 2.05) is 0 Å². The van der Waals surface area contributed by atoms with Gasteiger partial charge in [-0.1, -0.05) is 32.1 Å². The zero-order chi connectivity index (χ0) is 13.9. The van der Waals surface area contributed by atoms with Crippen molar-refractivity contribution in [2.24, 2.45) is 0 Å². The van der Waals surface area contributed by atoms with Crippen molar-refractivity contribution in [3.05, 3.63) is 0 Å². The molecule has 1 aromatic rings. The quantitative estimate of drug-likeness (QED) is 0.896. The molecule has 1 saturated carbocycles. The molecule has 2 rings (SSSR count). The van der Waals surface area contributed by atoms with E-state index >= 15 is 0 Å². The van der Waals surface area contributed by atoms with E-state index in [1.54, 1.807) is 0 Å². The highest BCUT2D eigenvalue weighted by Gasteiger charge is 2.23. The van der Waals surface area contributed by atoms with E-state index in [-0.39, 0.29) is 10.7 Å². The van der Waals surface area contributed by atoms with Crippen molar-refractivity contribution in [1.29, 1.82) is 0 Å². The SMILES string of the molecule is CS(=O)(=O)c1c(N)nsc1NC1CCCCCCC1. The van der Waals surface area contributed by atoms with E-state index in [0.29, 0.717) is 11.0 Å². The van der Waals surface area contributed by atoms with Crippen molar-refractivity contribution >= 4 is 32.2 Å². The van der Waals surface area contributed by atoms with Crippen molar-refractivity contribution in [2.75, 3.05) is 17.3 Å². The number of nitrogens with zero attached hydrogens (tertiary/aromatic N) is 1. The average molecular weight is 303 g/mol. The van der Waals surface area contributed by atoms with Gasteiger partial charge in [0.05, 0.1) is 0 Å². The minimum atomic E-state index is -3.33. The van der Waals surface area contributed by atoms with Crippen LogP contribution in [-0.4, -0.2) is 25.1 Å². The zero-order valence-electron chi connectivity index (χ0n) is 11.2. The molecular weight excluding hydrogens is 282 g/mol. The molecular formula is C12H21N3O2S2. The van der Waals surface area contributed by atoms with Gasteiger partial charge in [-0.05, 0) is 24.4 Å². The predicted molar refractivity (Wildman–Crippen MR) is 79.4 cm³/mol. The third kappa shape index (κ3) is 3.82. The van der Waals surface area contributed by atoms with Crippen molar-refractivity contribution < 1.29 is 8.42 Å². The lowest BCUT2D eigenvalue weighted by molar-refractivity contribution is 0.471. The largest absolute Gasteiger partial charge is 0.382 e. The van der Waals surface area contributed by atoms with Gasteiger partial charge in [0.1, 0.15) is 9.90 Å². The summed E-state index contributed by atoms with van der Waals surface area (Å²) in [6, 6.07) is 0.334. The Morgan fingerprint density at radius 2 is 1.79 bits per heavy atom. The molecule has 0 saturated heterocycles. The maximum absolute atomic E-state index is 11.7. The third-order valence-electron chi connectivity index (χ3n) is 3.49. The van der Waals surface area contributed by atoms with Crippen LogP contribution in [0.4, 0.5) is 10.8 Å². The standard InChI is InChI=1S/C12H21N3O2S2/c1-19(16,17)10-11(13)15-18-12(10)14-9-7-5-3-2-4-6-8-9/h9,14H,2-8H2,1H3,(H2,13,15). The monoisotopic (exact) mass is 303 g/mol. The van der Waals surface area contributed by atoms with Crippen LogP contribution in [0.2, 0.25) is 0 Å². The second-order valence-corrected chi connectivity index (χ2v) is 7.91. The lowest BCUT2D eigenvalue weighted by atomic mass is 9.97. The Morgan fingerprint density at radius 1 is 1.21 bits per heavy atom. The minimum Gasteiger partial charge on any atom is -0.382 e.